The molecule has 2 aromatic heterocycles. The molecule has 4 heterocycles. The van der Waals surface area contributed by atoms with Gasteiger partial charge in [-0.15, -0.1) is 0 Å². The van der Waals surface area contributed by atoms with E-state index in [1.54, 1.807) is 22.6 Å². The first-order valence-corrected chi connectivity index (χ1v) is 11.5. The van der Waals surface area contributed by atoms with Crippen molar-refractivity contribution in [1.29, 1.82) is 0 Å². The second-order valence-corrected chi connectivity index (χ2v) is 9.63. The van der Waals surface area contributed by atoms with Gasteiger partial charge in [0.15, 0.2) is 0 Å². The minimum Gasteiger partial charge on any atom is -0.372 e. The highest BCUT2D eigenvalue weighted by Crippen LogP contribution is 2.30. The van der Waals surface area contributed by atoms with Crippen LogP contribution < -0.4 is 0 Å². The molecule has 0 aliphatic carbocycles. The van der Waals surface area contributed by atoms with Crippen LogP contribution >= 0.6 is 0 Å². The quantitative estimate of drug-likeness (QED) is 0.698. The van der Waals surface area contributed by atoms with Crippen LogP contribution in [0.2, 0.25) is 0 Å². The third-order valence-corrected chi connectivity index (χ3v) is 7.64. The van der Waals surface area contributed by atoms with E-state index >= 15 is 0 Å². The number of nitrogens with one attached hydrogen (secondary N) is 1. The maximum absolute atomic E-state index is 12.8. The zero-order valence-electron chi connectivity index (χ0n) is 16.2. The predicted molar refractivity (Wildman–Crippen MR) is 114 cm³/mol. The number of pyridine rings is 1. The summed E-state index contributed by atoms with van der Waals surface area (Å²) >= 11 is 0. The molecule has 29 heavy (non-hydrogen) atoms. The third kappa shape index (κ3) is 3.45. The molecule has 5 rings (SSSR count). The Morgan fingerprint density at radius 1 is 1.03 bits per heavy atom. The highest BCUT2D eigenvalue weighted by Gasteiger charge is 2.27. The lowest BCUT2D eigenvalue weighted by atomic mass is 10.0. The monoisotopic (exact) mass is 408 g/mol. The SMILES string of the molecule is O=S(=O)(c1ccc(-c2ccnc3[nH]c(CN4C=CCC4)cc23)cc1)N1CCCC1. The molecule has 2 aliphatic heterocycles. The van der Waals surface area contributed by atoms with Gasteiger partial charge in [0.2, 0.25) is 10.0 Å². The minimum atomic E-state index is -3.39. The number of rotatable bonds is 5. The molecule has 1 aromatic carbocycles. The van der Waals surface area contributed by atoms with Gasteiger partial charge in [-0.2, -0.15) is 4.31 Å². The van der Waals surface area contributed by atoms with E-state index in [1.807, 2.05) is 18.2 Å². The Morgan fingerprint density at radius 2 is 1.83 bits per heavy atom. The van der Waals surface area contributed by atoms with Crippen LogP contribution in [0.4, 0.5) is 0 Å². The molecule has 0 radical (unpaired) electrons. The predicted octanol–water partition coefficient (Wildman–Crippen LogP) is 3.73. The fraction of sp³-hybridized carbons (Fsp3) is 0.318. The van der Waals surface area contributed by atoms with Crippen molar-refractivity contribution in [2.75, 3.05) is 19.6 Å². The molecule has 0 atom stereocenters. The molecular weight excluding hydrogens is 384 g/mol. The lowest BCUT2D eigenvalue weighted by Gasteiger charge is -2.15. The van der Waals surface area contributed by atoms with Gasteiger partial charge in [0, 0.05) is 36.9 Å². The highest BCUT2D eigenvalue weighted by atomic mass is 32.2. The van der Waals surface area contributed by atoms with Gasteiger partial charge < -0.3 is 9.88 Å². The molecule has 1 N–H and O–H groups in total. The van der Waals surface area contributed by atoms with E-state index in [0.717, 1.165) is 60.2 Å². The topological polar surface area (TPSA) is 69.3 Å². The Bertz CT molecular complexity index is 1160. The van der Waals surface area contributed by atoms with Gasteiger partial charge in [0.05, 0.1) is 11.4 Å². The number of sulfonamides is 1. The van der Waals surface area contributed by atoms with Gasteiger partial charge in [-0.1, -0.05) is 18.2 Å². The van der Waals surface area contributed by atoms with E-state index < -0.39 is 10.0 Å². The average Bonchev–Trinajstić information content (AvgIpc) is 3.49. The molecule has 0 bridgehead atoms. The van der Waals surface area contributed by atoms with Crippen LogP contribution in [-0.2, 0) is 16.6 Å². The summed E-state index contributed by atoms with van der Waals surface area (Å²) in [4.78, 5) is 10.5. The molecule has 0 amide bonds. The Morgan fingerprint density at radius 3 is 2.55 bits per heavy atom. The standard InChI is InChI=1S/C22H24N4O2S/c27-29(28,26-13-3-4-14-26)19-7-5-17(6-8-19)20-9-10-23-22-21(20)15-18(24-22)16-25-11-1-2-12-25/h1,5-11,15H,2-4,12-14,16H2,(H,23,24). The first-order chi connectivity index (χ1) is 14.1. The molecule has 0 saturated carbocycles. The van der Waals surface area contributed by atoms with Crippen LogP contribution in [0, 0.1) is 0 Å². The van der Waals surface area contributed by atoms with Crippen molar-refractivity contribution in [2.45, 2.75) is 30.7 Å². The van der Waals surface area contributed by atoms with Crippen molar-refractivity contribution in [3.05, 3.63) is 60.6 Å². The summed E-state index contributed by atoms with van der Waals surface area (Å²) in [6.07, 6.45) is 9.09. The number of aromatic amines is 1. The van der Waals surface area contributed by atoms with Crippen LogP contribution in [-0.4, -0.2) is 47.2 Å². The van der Waals surface area contributed by atoms with Gasteiger partial charge >= 0.3 is 0 Å². The number of hydrogen-bond donors (Lipinski definition) is 1. The summed E-state index contributed by atoms with van der Waals surface area (Å²) in [7, 11) is -3.39. The van der Waals surface area contributed by atoms with Gasteiger partial charge in [0.25, 0.3) is 0 Å². The number of nitrogens with zero attached hydrogens (tertiary/aromatic N) is 3. The Labute approximate surface area is 170 Å². The molecule has 7 heteroatoms. The van der Waals surface area contributed by atoms with Crippen molar-refractivity contribution in [1.82, 2.24) is 19.2 Å². The summed E-state index contributed by atoms with van der Waals surface area (Å²) in [6.45, 7) is 3.11. The molecular formula is C22H24N4O2S. The van der Waals surface area contributed by atoms with Gasteiger partial charge in [0.1, 0.15) is 5.65 Å². The number of H-pyrrole nitrogens is 1. The Kier molecular flexibility index (Phi) is 4.64. The minimum absolute atomic E-state index is 0.365. The summed E-state index contributed by atoms with van der Waals surface area (Å²) < 4.78 is 27.1. The number of fused-ring (bicyclic) bond motifs is 1. The number of aromatic nitrogens is 2. The number of benzene rings is 1. The second-order valence-electron chi connectivity index (χ2n) is 7.69. The van der Waals surface area contributed by atoms with E-state index in [4.69, 9.17) is 0 Å². The van der Waals surface area contributed by atoms with Crippen molar-refractivity contribution in [3.63, 3.8) is 0 Å². The van der Waals surface area contributed by atoms with Crippen molar-refractivity contribution < 1.29 is 8.42 Å². The first kappa shape index (κ1) is 18.4. The lowest BCUT2D eigenvalue weighted by Crippen LogP contribution is -2.27. The van der Waals surface area contributed by atoms with Gasteiger partial charge in [-0.25, -0.2) is 13.4 Å². The van der Waals surface area contributed by atoms with E-state index in [0.29, 0.717) is 18.0 Å². The second kappa shape index (κ2) is 7.31. The molecule has 3 aromatic rings. The van der Waals surface area contributed by atoms with Crippen molar-refractivity contribution in [2.24, 2.45) is 0 Å². The van der Waals surface area contributed by atoms with Crippen molar-refractivity contribution >= 4 is 21.1 Å². The zero-order chi connectivity index (χ0) is 19.8. The normalized spacial score (nSPS) is 17.6. The van der Waals surface area contributed by atoms with Crippen LogP contribution in [0.25, 0.3) is 22.2 Å². The highest BCUT2D eigenvalue weighted by molar-refractivity contribution is 7.89. The zero-order valence-corrected chi connectivity index (χ0v) is 17.0. The molecule has 1 saturated heterocycles. The maximum atomic E-state index is 12.8. The van der Waals surface area contributed by atoms with E-state index in [-0.39, 0.29) is 0 Å². The Hall–Kier alpha value is -2.64. The molecule has 150 valence electrons. The molecule has 0 spiro atoms. The molecule has 1 fully saturated rings. The fourth-order valence-corrected chi connectivity index (χ4v) is 5.71. The third-order valence-electron chi connectivity index (χ3n) is 5.73. The van der Waals surface area contributed by atoms with Gasteiger partial charge in [-0.05, 0) is 60.9 Å². The Balaban J connectivity index is 1.45. The van der Waals surface area contributed by atoms with Crippen molar-refractivity contribution in [3.8, 4) is 11.1 Å². The molecule has 2 aliphatic rings. The van der Waals surface area contributed by atoms with Gasteiger partial charge in [-0.3, -0.25) is 0 Å². The average molecular weight is 409 g/mol. The first-order valence-electron chi connectivity index (χ1n) is 10.1. The lowest BCUT2D eigenvalue weighted by molar-refractivity contribution is 0.396. The largest absolute Gasteiger partial charge is 0.372 e. The molecule has 6 nitrogen and oxygen atoms in total. The van der Waals surface area contributed by atoms with Crippen LogP contribution in [0.1, 0.15) is 25.0 Å². The summed E-state index contributed by atoms with van der Waals surface area (Å²) in [5.74, 6) is 0. The summed E-state index contributed by atoms with van der Waals surface area (Å²) in [5, 5.41) is 1.06. The molecule has 0 unspecified atom stereocenters. The van der Waals surface area contributed by atoms with Crippen LogP contribution in [0.3, 0.4) is 0 Å². The summed E-state index contributed by atoms with van der Waals surface area (Å²) in [5.41, 5.74) is 4.03. The van der Waals surface area contributed by atoms with Crippen LogP contribution in [0.5, 0.6) is 0 Å². The van der Waals surface area contributed by atoms with E-state index in [1.165, 1.54) is 0 Å². The van der Waals surface area contributed by atoms with E-state index in [2.05, 4.69) is 33.2 Å². The summed E-state index contributed by atoms with van der Waals surface area (Å²) in [6, 6.07) is 11.4. The maximum Gasteiger partial charge on any atom is 0.243 e. The smallest absolute Gasteiger partial charge is 0.243 e. The number of hydrogen-bond acceptors (Lipinski definition) is 4. The van der Waals surface area contributed by atoms with Crippen LogP contribution in [0.15, 0.2) is 59.8 Å². The fourth-order valence-electron chi connectivity index (χ4n) is 4.19. The van der Waals surface area contributed by atoms with E-state index in [9.17, 15) is 8.42 Å².